The van der Waals surface area contributed by atoms with Crippen LogP contribution in [0.3, 0.4) is 0 Å². The molecule has 4 rings (SSSR count). The number of methoxy groups -OCH3 is 1. The van der Waals surface area contributed by atoms with Crippen molar-refractivity contribution in [3.8, 4) is 5.75 Å². The van der Waals surface area contributed by atoms with E-state index in [2.05, 4.69) is 21.8 Å². The molecule has 0 radical (unpaired) electrons. The molecule has 1 atom stereocenters. The van der Waals surface area contributed by atoms with E-state index in [1.54, 1.807) is 32.0 Å². The number of carbonyl (C=O) groups is 2. The van der Waals surface area contributed by atoms with Crippen molar-refractivity contribution in [3.05, 3.63) is 63.2 Å². The highest BCUT2D eigenvalue weighted by atomic mass is 16.5. The molecule has 0 saturated carbocycles. The maximum atomic E-state index is 13.5. The lowest BCUT2D eigenvalue weighted by atomic mass is 9.90. The molecule has 2 N–H and O–H groups in total. The van der Waals surface area contributed by atoms with Crippen LogP contribution in [0.25, 0.3) is 10.9 Å². The molecule has 0 aliphatic carbocycles. The first-order valence-electron chi connectivity index (χ1n) is 12.7. The highest BCUT2D eigenvalue weighted by molar-refractivity contribution is 6.08. The minimum Gasteiger partial charge on any atom is -0.496 e. The van der Waals surface area contributed by atoms with Crippen molar-refractivity contribution >= 4 is 22.8 Å². The second-order valence-electron chi connectivity index (χ2n) is 10.1. The van der Waals surface area contributed by atoms with Crippen LogP contribution in [0.1, 0.15) is 53.1 Å². The Labute approximate surface area is 217 Å². The number of aromatic nitrogens is 2. The van der Waals surface area contributed by atoms with Gasteiger partial charge in [0.05, 0.1) is 24.8 Å². The summed E-state index contributed by atoms with van der Waals surface area (Å²) in [6.45, 7) is 7.48. The first kappa shape index (κ1) is 26.3. The lowest BCUT2D eigenvalue weighted by molar-refractivity contribution is 0.0950. The molecule has 2 aromatic heterocycles. The van der Waals surface area contributed by atoms with Gasteiger partial charge >= 0.3 is 6.03 Å². The second kappa shape index (κ2) is 10.7. The number of rotatable bonds is 6. The third kappa shape index (κ3) is 5.08. The van der Waals surface area contributed by atoms with Crippen molar-refractivity contribution in [1.29, 1.82) is 0 Å². The number of nitrogens with one attached hydrogen (secondary N) is 2. The summed E-state index contributed by atoms with van der Waals surface area (Å²) in [6, 6.07) is 9.90. The van der Waals surface area contributed by atoms with E-state index in [9.17, 15) is 14.4 Å². The van der Waals surface area contributed by atoms with E-state index < -0.39 is 0 Å². The van der Waals surface area contributed by atoms with E-state index in [1.165, 1.54) is 7.11 Å². The standard InChI is InChI=1S/C28H37N5O4/c1-17-15-24(37-6)22(26(34)30-17)16-29-27(35)25-19(3)33(23-10-8-7-9-21(23)25)18(2)20-11-13-32(14-12-20)28(36)31(4)5/h7-10,15,18,20H,11-14,16H2,1-6H3,(H,29,35)(H,30,34)/t18-/m1/s1. The summed E-state index contributed by atoms with van der Waals surface area (Å²) in [6.07, 6.45) is 1.81. The Hall–Kier alpha value is -3.75. The number of pyridine rings is 1. The fourth-order valence-corrected chi connectivity index (χ4v) is 5.56. The maximum Gasteiger partial charge on any atom is 0.319 e. The van der Waals surface area contributed by atoms with Crippen LogP contribution in [-0.4, -0.2) is 65.6 Å². The van der Waals surface area contributed by atoms with Crippen LogP contribution in [0.2, 0.25) is 0 Å². The first-order valence-corrected chi connectivity index (χ1v) is 12.7. The van der Waals surface area contributed by atoms with Crippen molar-refractivity contribution in [2.45, 2.75) is 46.2 Å². The van der Waals surface area contributed by atoms with Crippen LogP contribution >= 0.6 is 0 Å². The minimum atomic E-state index is -0.274. The summed E-state index contributed by atoms with van der Waals surface area (Å²) >= 11 is 0. The number of amides is 3. The third-order valence-electron chi connectivity index (χ3n) is 7.54. The monoisotopic (exact) mass is 507 g/mol. The smallest absolute Gasteiger partial charge is 0.319 e. The van der Waals surface area contributed by atoms with E-state index in [1.807, 2.05) is 36.1 Å². The zero-order valence-corrected chi connectivity index (χ0v) is 22.6. The summed E-state index contributed by atoms with van der Waals surface area (Å²) in [7, 11) is 5.08. The average Bonchev–Trinajstić information content (AvgIpc) is 3.18. The van der Waals surface area contributed by atoms with Crippen LogP contribution in [0.4, 0.5) is 4.79 Å². The van der Waals surface area contributed by atoms with Gasteiger partial charge in [0.1, 0.15) is 5.75 Å². The number of hydrogen-bond donors (Lipinski definition) is 2. The number of nitrogens with zero attached hydrogens (tertiary/aromatic N) is 3. The molecule has 1 aromatic carbocycles. The molecule has 3 amide bonds. The number of benzene rings is 1. The van der Waals surface area contributed by atoms with Crippen molar-refractivity contribution in [1.82, 2.24) is 24.7 Å². The van der Waals surface area contributed by atoms with Crippen molar-refractivity contribution in [2.24, 2.45) is 5.92 Å². The lowest BCUT2D eigenvalue weighted by Gasteiger charge is -2.37. The Morgan fingerprint density at radius 1 is 1.19 bits per heavy atom. The molecule has 1 saturated heterocycles. The Kier molecular flexibility index (Phi) is 7.61. The van der Waals surface area contributed by atoms with Crippen molar-refractivity contribution in [2.75, 3.05) is 34.3 Å². The fourth-order valence-electron chi connectivity index (χ4n) is 5.56. The molecular formula is C28H37N5O4. The van der Waals surface area contributed by atoms with Gasteiger partial charge in [0.2, 0.25) is 0 Å². The molecule has 198 valence electrons. The number of aromatic amines is 1. The predicted octanol–water partition coefficient (Wildman–Crippen LogP) is 3.84. The van der Waals surface area contributed by atoms with Gasteiger partial charge < -0.3 is 29.4 Å². The predicted molar refractivity (Wildman–Crippen MR) is 144 cm³/mol. The second-order valence-corrected chi connectivity index (χ2v) is 10.1. The van der Waals surface area contributed by atoms with Gasteiger partial charge in [0.15, 0.2) is 0 Å². The van der Waals surface area contributed by atoms with Gasteiger partial charge in [-0.05, 0) is 51.7 Å². The maximum absolute atomic E-state index is 13.5. The molecule has 37 heavy (non-hydrogen) atoms. The lowest BCUT2D eigenvalue weighted by Crippen LogP contribution is -2.44. The summed E-state index contributed by atoms with van der Waals surface area (Å²) in [4.78, 5) is 44.7. The van der Waals surface area contributed by atoms with Crippen LogP contribution in [0.15, 0.2) is 35.1 Å². The van der Waals surface area contributed by atoms with Crippen molar-refractivity contribution in [3.63, 3.8) is 0 Å². The number of carbonyl (C=O) groups excluding carboxylic acids is 2. The van der Waals surface area contributed by atoms with Crippen LogP contribution in [0.5, 0.6) is 5.75 Å². The summed E-state index contributed by atoms with van der Waals surface area (Å²) in [5.74, 6) is 0.605. The van der Waals surface area contributed by atoms with E-state index in [-0.39, 0.29) is 30.1 Å². The summed E-state index contributed by atoms with van der Waals surface area (Å²) < 4.78 is 7.64. The Balaban J connectivity index is 1.59. The van der Waals surface area contributed by atoms with Gasteiger partial charge in [-0.15, -0.1) is 0 Å². The topological polar surface area (TPSA) is 99.7 Å². The molecule has 1 aliphatic heterocycles. The molecule has 0 spiro atoms. The number of hydrogen-bond acceptors (Lipinski definition) is 4. The molecule has 3 heterocycles. The van der Waals surface area contributed by atoms with E-state index >= 15 is 0 Å². The van der Waals surface area contributed by atoms with Gasteiger partial charge in [-0.2, -0.15) is 0 Å². The van der Waals surface area contributed by atoms with E-state index in [0.29, 0.717) is 28.5 Å². The van der Waals surface area contributed by atoms with Crippen molar-refractivity contribution < 1.29 is 14.3 Å². The normalized spacial score (nSPS) is 15.0. The zero-order chi connectivity index (χ0) is 26.9. The highest BCUT2D eigenvalue weighted by Crippen LogP contribution is 2.36. The number of para-hydroxylation sites is 1. The molecular weight excluding hydrogens is 470 g/mol. The number of fused-ring (bicyclic) bond motifs is 1. The number of likely N-dealkylation sites (tertiary alicyclic amines) is 1. The van der Waals surface area contributed by atoms with Gasteiger partial charge in [-0.1, -0.05) is 18.2 Å². The van der Waals surface area contributed by atoms with E-state index in [4.69, 9.17) is 4.74 Å². The molecule has 9 nitrogen and oxygen atoms in total. The molecule has 1 aliphatic rings. The van der Waals surface area contributed by atoms with Crippen LogP contribution < -0.4 is 15.6 Å². The number of H-pyrrole nitrogens is 1. The number of ether oxygens (including phenoxy) is 1. The van der Waals surface area contributed by atoms with Crippen LogP contribution in [0, 0.1) is 19.8 Å². The number of piperidine rings is 1. The third-order valence-corrected chi connectivity index (χ3v) is 7.54. The Morgan fingerprint density at radius 2 is 1.86 bits per heavy atom. The van der Waals surface area contributed by atoms with E-state index in [0.717, 1.165) is 42.5 Å². The Morgan fingerprint density at radius 3 is 2.51 bits per heavy atom. The number of urea groups is 1. The zero-order valence-electron chi connectivity index (χ0n) is 22.6. The SMILES string of the molecule is COc1cc(C)[nH]c(=O)c1CNC(=O)c1c(C)n([C@H](C)C2CCN(C(=O)N(C)C)CC2)c2ccccc12. The highest BCUT2D eigenvalue weighted by Gasteiger charge is 2.30. The van der Waals surface area contributed by atoms with Gasteiger partial charge in [-0.3, -0.25) is 9.59 Å². The largest absolute Gasteiger partial charge is 0.496 e. The number of aryl methyl sites for hydroxylation is 1. The fraction of sp³-hybridized carbons (Fsp3) is 0.464. The molecule has 9 heteroatoms. The van der Waals surface area contributed by atoms with Gasteiger partial charge in [-0.25, -0.2) is 4.79 Å². The van der Waals surface area contributed by atoms with Gasteiger partial charge in [0.25, 0.3) is 11.5 Å². The quantitative estimate of drug-likeness (QED) is 0.530. The summed E-state index contributed by atoms with van der Waals surface area (Å²) in [5.41, 5.74) is 3.32. The minimum absolute atomic E-state index is 0.0525. The molecule has 1 fully saturated rings. The molecule has 0 unspecified atom stereocenters. The summed E-state index contributed by atoms with van der Waals surface area (Å²) in [5, 5.41) is 3.83. The molecule has 3 aromatic rings. The van der Waals surface area contributed by atoms with Gasteiger partial charge in [0, 0.05) is 55.5 Å². The van der Waals surface area contributed by atoms with Crippen LogP contribution in [-0.2, 0) is 6.54 Å². The first-order chi connectivity index (χ1) is 17.6. The average molecular weight is 508 g/mol. The molecule has 0 bridgehead atoms. The Bertz CT molecular complexity index is 1360.